The molecule has 5 rings (SSSR count). The number of nitrogens with zero attached hydrogens (tertiary/aromatic N) is 3. The van der Waals surface area contributed by atoms with Crippen molar-refractivity contribution in [3.05, 3.63) is 78.1 Å². The van der Waals surface area contributed by atoms with E-state index in [2.05, 4.69) is 15.2 Å². The summed E-state index contributed by atoms with van der Waals surface area (Å²) in [7, 11) is 0. The first-order valence-electron chi connectivity index (χ1n) is 9.87. The van der Waals surface area contributed by atoms with Gasteiger partial charge in [-0.25, -0.2) is 0 Å². The van der Waals surface area contributed by atoms with Gasteiger partial charge in [0.25, 0.3) is 11.8 Å². The number of nitrogens with two attached hydrogens (primary N) is 1. The van der Waals surface area contributed by atoms with Crippen LogP contribution in [0.25, 0.3) is 33.3 Å². The van der Waals surface area contributed by atoms with E-state index in [1.165, 1.54) is 11.0 Å². The Kier molecular flexibility index (Phi) is 4.36. The molecule has 3 heterocycles. The Balaban J connectivity index is 1.65. The SMILES string of the molecule is C/C=C/C(=O)N1Cc2c(-c3ccc4[nH]nc(-c5cccnc5)c4c3)ccc(N)c2C1=O. The number of fused-ring (bicyclic) bond motifs is 2. The maximum atomic E-state index is 12.9. The first-order valence-corrected chi connectivity index (χ1v) is 9.87. The number of benzene rings is 2. The number of aromatic amines is 1. The van der Waals surface area contributed by atoms with E-state index in [4.69, 9.17) is 5.73 Å². The van der Waals surface area contributed by atoms with Crippen molar-refractivity contribution in [1.29, 1.82) is 0 Å². The van der Waals surface area contributed by atoms with Gasteiger partial charge >= 0.3 is 0 Å². The number of pyridine rings is 1. The molecule has 1 aliphatic rings. The number of aromatic nitrogens is 3. The van der Waals surface area contributed by atoms with Crippen molar-refractivity contribution < 1.29 is 9.59 Å². The molecule has 7 nitrogen and oxygen atoms in total. The normalized spacial score (nSPS) is 13.3. The van der Waals surface area contributed by atoms with Crippen molar-refractivity contribution in [2.24, 2.45) is 0 Å². The molecular formula is C24H19N5O2. The molecule has 0 aliphatic carbocycles. The van der Waals surface area contributed by atoms with Crippen LogP contribution in [-0.2, 0) is 11.3 Å². The highest BCUT2D eigenvalue weighted by molar-refractivity contribution is 6.14. The minimum Gasteiger partial charge on any atom is -0.398 e. The van der Waals surface area contributed by atoms with Crippen molar-refractivity contribution in [1.82, 2.24) is 20.1 Å². The standard InChI is InChI=1S/C24H19N5O2/c1-2-4-21(30)29-13-18-16(7-8-19(25)22(18)24(29)31)14-6-9-20-17(11-14)23(28-27-20)15-5-3-10-26-12-15/h2-12H,13,25H2,1H3,(H,27,28)/b4-2+. The van der Waals surface area contributed by atoms with Gasteiger partial charge in [-0.3, -0.25) is 24.6 Å². The van der Waals surface area contributed by atoms with E-state index in [9.17, 15) is 9.59 Å². The summed E-state index contributed by atoms with van der Waals surface area (Å²) in [4.78, 5) is 30.7. The zero-order chi connectivity index (χ0) is 21.5. The van der Waals surface area contributed by atoms with Gasteiger partial charge in [0.1, 0.15) is 5.69 Å². The van der Waals surface area contributed by atoms with Gasteiger partial charge < -0.3 is 5.73 Å². The summed E-state index contributed by atoms with van der Waals surface area (Å²) < 4.78 is 0. The predicted molar refractivity (Wildman–Crippen MR) is 119 cm³/mol. The molecule has 2 amide bonds. The molecule has 3 N–H and O–H groups in total. The number of H-pyrrole nitrogens is 1. The Bertz CT molecular complexity index is 1370. The van der Waals surface area contributed by atoms with Crippen LogP contribution in [0, 0.1) is 0 Å². The predicted octanol–water partition coefficient (Wildman–Crippen LogP) is 3.93. The minimum absolute atomic E-state index is 0.191. The second-order valence-corrected chi connectivity index (χ2v) is 7.36. The average molecular weight is 409 g/mol. The number of rotatable bonds is 3. The maximum absolute atomic E-state index is 12.9. The van der Waals surface area contributed by atoms with Gasteiger partial charge in [0.05, 0.1) is 17.6 Å². The molecule has 1 aliphatic heterocycles. The molecule has 0 radical (unpaired) electrons. The van der Waals surface area contributed by atoms with Gasteiger partial charge in [0.15, 0.2) is 0 Å². The summed E-state index contributed by atoms with van der Waals surface area (Å²) in [6.45, 7) is 1.93. The third-order valence-corrected chi connectivity index (χ3v) is 5.50. The molecule has 7 heteroatoms. The summed E-state index contributed by atoms with van der Waals surface area (Å²) in [5.74, 6) is -0.712. The van der Waals surface area contributed by atoms with Gasteiger partial charge in [-0.05, 0) is 60.0 Å². The molecule has 31 heavy (non-hydrogen) atoms. The average Bonchev–Trinajstić information content (AvgIpc) is 3.36. The van der Waals surface area contributed by atoms with Crippen LogP contribution >= 0.6 is 0 Å². The van der Waals surface area contributed by atoms with E-state index in [-0.39, 0.29) is 18.4 Å². The maximum Gasteiger partial charge on any atom is 0.263 e. The third-order valence-electron chi connectivity index (χ3n) is 5.50. The molecule has 2 aromatic carbocycles. The first kappa shape index (κ1) is 18.7. The summed E-state index contributed by atoms with van der Waals surface area (Å²) in [6, 6.07) is 13.4. The van der Waals surface area contributed by atoms with Crippen molar-refractivity contribution in [3.63, 3.8) is 0 Å². The first-order chi connectivity index (χ1) is 15.1. The number of hydrogen-bond acceptors (Lipinski definition) is 5. The monoisotopic (exact) mass is 409 g/mol. The van der Waals surface area contributed by atoms with Crippen LogP contribution in [0.15, 0.2) is 67.0 Å². The van der Waals surface area contributed by atoms with Crippen LogP contribution in [0.3, 0.4) is 0 Å². The van der Waals surface area contributed by atoms with Crippen LogP contribution in [0.2, 0.25) is 0 Å². The summed E-state index contributed by atoms with van der Waals surface area (Å²) >= 11 is 0. The molecular weight excluding hydrogens is 390 g/mol. The lowest BCUT2D eigenvalue weighted by Gasteiger charge is -2.11. The molecule has 0 saturated heterocycles. The summed E-state index contributed by atoms with van der Waals surface area (Å²) in [6.07, 6.45) is 6.50. The molecule has 2 aromatic heterocycles. The Morgan fingerprint density at radius 3 is 2.84 bits per heavy atom. The molecule has 0 atom stereocenters. The topological polar surface area (TPSA) is 105 Å². The van der Waals surface area contributed by atoms with Crippen LogP contribution < -0.4 is 5.73 Å². The number of imide groups is 1. The van der Waals surface area contributed by atoms with E-state index in [0.717, 1.165) is 38.9 Å². The largest absolute Gasteiger partial charge is 0.398 e. The van der Waals surface area contributed by atoms with E-state index in [1.807, 2.05) is 36.4 Å². The number of amides is 2. The molecule has 0 saturated carbocycles. The smallest absolute Gasteiger partial charge is 0.263 e. The second-order valence-electron chi connectivity index (χ2n) is 7.36. The summed E-state index contributed by atoms with van der Waals surface area (Å²) in [5, 5.41) is 8.46. The zero-order valence-corrected chi connectivity index (χ0v) is 16.8. The number of nitrogen functional groups attached to an aromatic ring is 1. The van der Waals surface area contributed by atoms with E-state index in [1.54, 1.807) is 31.5 Å². The number of nitrogens with one attached hydrogen (secondary N) is 1. The molecule has 0 fully saturated rings. The minimum atomic E-state index is -0.363. The van der Waals surface area contributed by atoms with Gasteiger partial charge in [0.2, 0.25) is 0 Å². The van der Waals surface area contributed by atoms with Crippen molar-refractivity contribution in [2.45, 2.75) is 13.5 Å². The third kappa shape index (κ3) is 2.98. The van der Waals surface area contributed by atoms with E-state index >= 15 is 0 Å². The molecule has 0 bridgehead atoms. The van der Waals surface area contributed by atoms with Gasteiger partial charge in [-0.1, -0.05) is 18.2 Å². The molecule has 4 aromatic rings. The molecule has 152 valence electrons. The number of anilines is 1. The lowest BCUT2D eigenvalue weighted by atomic mass is 9.94. The highest BCUT2D eigenvalue weighted by atomic mass is 16.2. The Labute approximate surface area is 178 Å². The number of carbonyl (C=O) groups excluding carboxylic acids is 2. The lowest BCUT2D eigenvalue weighted by Crippen LogP contribution is -2.29. The molecule has 0 unspecified atom stereocenters. The van der Waals surface area contributed by atoms with Crippen molar-refractivity contribution >= 4 is 28.4 Å². The van der Waals surface area contributed by atoms with Crippen LogP contribution in [0.1, 0.15) is 22.8 Å². The Morgan fingerprint density at radius 2 is 2.06 bits per heavy atom. The number of allylic oxidation sites excluding steroid dienone is 1. The van der Waals surface area contributed by atoms with Crippen LogP contribution in [-0.4, -0.2) is 31.9 Å². The fourth-order valence-electron chi connectivity index (χ4n) is 4.03. The highest BCUT2D eigenvalue weighted by Gasteiger charge is 2.34. The van der Waals surface area contributed by atoms with Gasteiger partial charge in [0, 0.05) is 29.0 Å². The van der Waals surface area contributed by atoms with E-state index < -0.39 is 0 Å². The van der Waals surface area contributed by atoms with Gasteiger partial charge in [-0.15, -0.1) is 0 Å². The van der Waals surface area contributed by atoms with E-state index in [0.29, 0.717) is 11.3 Å². The van der Waals surface area contributed by atoms with Crippen molar-refractivity contribution in [3.8, 4) is 22.4 Å². The second kappa shape index (κ2) is 7.21. The molecule has 0 spiro atoms. The zero-order valence-electron chi connectivity index (χ0n) is 16.8. The van der Waals surface area contributed by atoms with Gasteiger partial charge in [-0.2, -0.15) is 5.10 Å². The van der Waals surface area contributed by atoms with Crippen LogP contribution in [0.4, 0.5) is 5.69 Å². The van der Waals surface area contributed by atoms with Crippen molar-refractivity contribution in [2.75, 3.05) is 5.73 Å². The Morgan fingerprint density at radius 1 is 1.19 bits per heavy atom. The van der Waals surface area contributed by atoms with Crippen LogP contribution in [0.5, 0.6) is 0 Å². The summed E-state index contributed by atoms with van der Waals surface area (Å²) in [5.41, 5.74) is 12.1. The Hall–Kier alpha value is -4.26. The fourth-order valence-corrected chi connectivity index (χ4v) is 4.03. The lowest BCUT2D eigenvalue weighted by molar-refractivity contribution is -0.123. The number of carbonyl (C=O) groups is 2. The highest BCUT2D eigenvalue weighted by Crippen LogP contribution is 2.38. The quantitative estimate of drug-likeness (QED) is 0.394. The number of hydrogen-bond donors (Lipinski definition) is 2. The fraction of sp³-hybridized carbons (Fsp3) is 0.0833.